The Labute approximate surface area is 158 Å². The van der Waals surface area contributed by atoms with E-state index < -0.39 is 5.91 Å². The zero-order valence-electron chi connectivity index (χ0n) is 15.6. The van der Waals surface area contributed by atoms with Crippen molar-refractivity contribution in [2.45, 2.75) is 38.7 Å². The summed E-state index contributed by atoms with van der Waals surface area (Å²) in [7, 11) is 0. The van der Waals surface area contributed by atoms with Crippen LogP contribution in [0.15, 0.2) is 36.4 Å². The summed E-state index contributed by atoms with van der Waals surface area (Å²) in [5.74, 6) is -0.429. The first-order valence-corrected chi connectivity index (χ1v) is 9.41. The second kappa shape index (κ2) is 8.81. The fraction of sp³-hybridized carbons (Fsp3) is 0.450. The highest BCUT2D eigenvalue weighted by Gasteiger charge is 2.22. The molecule has 7 heteroatoms. The van der Waals surface area contributed by atoms with E-state index in [4.69, 9.17) is 10.5 Å². The largest absolute Gasteiger partial charge is 0.376 e. The molecule has 1 aliphatic carbocycles. The number of amides is 2. The molecule has 0 aliphatic heterocycles. The van der Waals surface area contributed by atoms with Gasteiger partial charge in [-0.3, -0.25) is 9.59 Å². The molecule has 2 amide bonds. The van der Waals surface area contributed by atoms with Gasteiger partial charge in [0.05, 0.1) is 18.4 Å². The van der Waals surface area contributed by atoms with Crippen molar-refractivity contribution in [1.29, 1.82) is 0 Å². The predicted octanol–water partition coefficient (Wildman–Crippen LogP) is 2.30. The number of carbonyl (C=O) groups excluding carboxylic acids is 2. The summed E-state index contributed by atoms with van der Waals surface area (Å²) in [6, 6.07) is 10.5. The summed E-state index contributed by atoms with van der Waals surface area (Å²) in [5.41, 5.74) is 6.41. The lowest BCUT2D eigenvalue weighted by Crippen LogP contribution is -2.32. The Morgan fingerprint density at radius 2 is 2.00 bits per heavy atom. The Hall–Kier alpha value is -2.67. The molecular weight excluding hydrogens is 344 g/mol. The van der Waals surface area contributed by atoms with Gasteiger partial charge in [-0.1, -0.05) is 38.0 Å². The van der Waals surface area contributed by atoms with Crippen LogP contribution >= 0.6 is 0 Å². The Morgan fingerprint density at radius 1 is 1.26 bits per heavy atom. The van der Waals surface area contributed by atoms with Gasteiger partial charge in [0.25, 0.3) is 11.8 Å². The molecule has 1 aromatic heterocycles. The van der Waals surface area contributed by atoms with Crippen LogP contribution in [0.25, 0.3) is 5.69 Å². The summed E-state index contributed by atoms with van der Waals surface area (Å²) in [6.07, 6.45) is 5.02. The van der Waals surface area contributed by atoms with Crippen LogP contribution < -0.4 is 11.1 Å². The molecule has 7 nitrogen and oxygen atoms in total. The fourth-order valence-corrected chi connectivity index (χ4v) is 3.43. The van der Waals surface area contributed by atoms with Gasteiger partial charge in [-0.25, -0.2) is 4.68 Å². The summed E-state index contributed by atoms with van der Waals surface area (Å²) in [4.78, 5) is 24.1. The molecule has 2 aromatic rings. The number of rotatable bonds is 7. The molecule has 144 valence electrons. The third-order valence-corrected chi connectivity index (χ3v) is 4.95. The van der Waals surface area contributed by atoms with Gasteiger partial charge in [0.1, 0.15) is 5.69 Å². The van der Waals surface area contributed by atoms with Gasteiger partial charge in [0.15, 0.2) is 5.69 Å². The highest BCUT2D eigenvalue weighted by atomic mass is 16.5. The average Bonchev–Trinajstić information content (AvgIpc) is 3.13. The Balaban J connectivity index is 1.59. The van der Waals surface area contributed by atoms with Crippen molar-refractivity contribution < 1.29 is 14.3 Å². The standard InChI is InChI=1S/C20H26N4O3/c1-14-7-5-6-10-18(14)27-12-11-22-20(26)16-13-17(19(21)25)24(23-16)15-8-3-2-4-9-15/h2-4,8-9,13-14,18H,5-7,10-12H2,1H3,(H2,21,25)(H,22,26). The predicted molar refractivity (Wildman–Crippen MR) is 102 cm³/mol. The number of nitrogens with two attached hydrogens (primary N) is 1. The molecule has 27 heavy (non-hydrogen) atoms. The number of nitrogens with zero attached hydrogens (tertiary/aromatic N) is 2. The van der Waals surface area contributed by atoms with Crippen LogP contribution in [-0.2, 0) is 4.74 Å². The number of ether oxygens (including phenoxy) is 1. The van der Waals surface area contributed by atoms with Gasteiger partial charge < -0.3 is 15.8 Å². The molecule has 0 bridgehead atoms. The lowest BCUT2D eigenvalue weighted by atomic mass is 9.88. The molecular formula is C20H26N4O3. The zero-order chi connectivity index (χ0) is 19.2. The maximum Gasteiger partial charge on any atom is 0.271 e. The lowest BCUT2D eigenvalue weighted by molar-refractivity contribution is -0.00295. The molecule has 1 aromatic carbocycles. The van der Waals surface area contributed by atoms with Crippen molar-refractivity contribution in [3.05, 3.63) is 47.8 Å². The van der Waals surface area contributed by atoms with Crippen LogP contribution in [0.5, 0.6) is 0 Å². The first-order chi connectivity index (χ1) is 13.1. The monoisotopic (exact) mass is 370 g/mol. The molecule has 0 radical (unpaired) electrons. The minimum Gasteiger partial charge on any atom is -0.376 e. The maximum atomic E-state index is 12.4. The van der Waals surface area contributed by atoms with E-state index in [0.717, 1.165) is 6.42 Å². The van der Waals surface area contributed by atoms with E-state index >= 15 is 0 Å². The molecule has 3 rings (SSSR count). The van der Waals surface area contributed by atoms with Gasteiger partial charge in [-0.05, 0) is 30.9 Å². The van der Waals surface area contributed by atoms with E-state index in [1.54, 1.807) is 12.1 Å². The SMILES string of the molecule is CC1CCCCC1OCCNC(=O)c1cc(C(N)=O)n(-c2ccccc2)n1. The number of aromatic nitrogens is 2. The van der Waals surface area contributed by atoms with Crippen molar-refractivity contribution in [1.82, 2.24) is 15.1 Å². The lowest BCUT2D eigenvalue weighted by Gasteiger charge is -2.28. The fourth-order valence-electron chi connectivity index (χ4n) is 3.43. The highest BCUT2D eigenvalue weighted by molar-refractivity contribution is 5.97. The molecule has 0 saturated heterocycles. The van der Waals surface area contributed by atoms with Crippen molar-refractivity contribution in [3.63, 3.8) is 0 Å². The van der Waals surface area contributed by atoms with Gasteiger partial charge in [-0.2, -0.15) is 5.10 Å². The third-order valence-electron chi connectivity index (χ3n) is 4.95. The van der Waals surface area contributed by atoms with Crippen LogP contribution in [0.3, 0.4) is 0 Å². The first-order valence-electron chi connectivity index (χ1n) is 9.41. The van der Waals surface area contributed by atoms with Crippen molar-refractivity contribution in [2.24, 2.45) is 11.7 Å². The van der Waals surface area contributed by atoms with Crippen LogP contribution in [-0.4, -0.2) is 40.9 Å². The van der Waals surface area contributed by atoms with Gasteiger partial charge in [-0.15, -0.1) is 0 Å². The van der Waals surface area contributed by atoms with E-state index in [1.807, 2.05) is 18.2 Å². The molecule has 0 spiro atoms. The number of hydrogen-bond acceptors (Lipinski definition) is 4. The minimum absolute atomic E-state index is 0.152. The molecule has 1 saturated carbocycles. The molecule has 1 fully saturated rings. The topological polar surface area (TPSA) is 99.2 Å². The summed E-state index contributed by atoms with van der Waals surface area (Å²) in [6.45, 7) is 3.07. The smallest absolute Gasteiger partial charge is 0.271 e. The quantitative estimate of drug-likeness (QED) is 0.731. The summed E-state index contributed by atoms with van der Waals surface area (Å²) < 4.78 is 7.29. The highest BCUT2D eigenvalue weighted by Crippen LogP contribution is 2.26. The number of benzene rings is 1. The Bertz CT molecular complexity index is 788. The minimum atomic E-state index is -0.639. The van der Waals surface area contributed by atoms with Crippen LogP contribution in [0.1, 0.15) is 53.6 Å². The molecule has 1 heterocycles. The average molecular weight is 370 g/mol. The second-order valence-corrected chi connectivity index (χ2v) is 6.95. The Kier molecular flexibility index (Phi) is 6.24. The molecule has 2 atom stereocenters. The number of primary amides is 1. The normalized spacial score (nSPS) is 19.6. The first kappa shape index (κ1) is 19.1. The van der Waals surface area contributed by atoms with E-state index in [-0.39, 0.29) is 23.4 Å². The van der Waals surface area contributed by atoms with Gasteiger partial charge >= 0.3 is 0 Å². The second-order valence-electron chi connectivity index (χ2n) is 6.95. The van der Waals surface area contributed by atoms with Crippen LogP contribution in [0.2, 0.25) is 0 Å². The van der Waals surface area contributed by atoms with Crippen molar-refractivity contribution in [2.75, 3.05) is 13.2 Å². The number of hydrogen-bond donors (Lipinski definition) is 2. The molecule has 2 unspecified atom stereocenters. The van der Waals surface area contributed by atoms with Crippen LogP contribution in [0, 0.1) is 5.92 Å². The van der Waals surface area contributed by atoms with Gasteiger partial charge in [0.2, 0.25) is 0 Å². The van der Waals surface area contributed by atoms with Crippen molar-refractivity contribution in [3.8, 4) is 5.69 Å². The van der Waals surface area contributed by atoms with Crippen molar-refractivity contribution >= 4 is 11.8 Å². The van der Waals surface area contributed by atoms with Crippen LogP contribution in [0.4, 0.5) is 0 Å². The number of nitrogens with one attached hydrogen (secondary N) is 1. The van der Waals surface area contributed by atoms with E-state index in [9.17, 15) is 9.59 Å². The third kappa shape index (κ3) is 4.74. The Morgan fingerprint density at radius 3 is 2.70 bits per heavy atom. The number of para-hydroxylation sites is 1. The zero-order valence-corrected chi connectivity index (χ0v) is 15.6. The van der Waals surface area contributed by atoms with Gasteiger partial charge in [0, 0.05) is 12.6 Å². The maximum absolute atomic E-state index is 12.4. The van der Waals surface area contributed by atoms with E-state index in [1.165, 1.54) is 30.0 Å². The number of carbonyl (C=O) groups is 2. The van der Waals surface area contributed by atoms with E-state index in [2.05, 4.69) is 17.3 Å². The van der Waals surface area contributed by atoms with E-state index in [0.29, 0.717) is 24.8 Å². The summed E-state index contributed by atoms with van der Waals surface area (Å²) in [5, 5.41) is 7.04. The molecule has 3 N–H and O–H groups in total. The summed E-state index contributed by atoms with van der Waals surface area (Å²) >= 11 is 0. The molecule has 1 aliphatic rings.